The molecule has 1 unspecified atom stereocenters. The lowest BCUT2D eigenvalue weighted by atomic mass is 10.2. The Morgan fingerprint density at radius 1 is 1.33 bits per heavy atom. The van der Waals surface area contributed by atoms with Gasteiger partial charge in [0.2, 0.25) is 0 Å². The number of hydrogen-bond donors (Lipinski definition) is 2. The van der Waals surface area contributed by atoms with Crippen molar-refractivity contribution in [2.45, 2.75) is 31.9 Å². The molecule has 0 aromatic carbocycles. The SMILES string of the molecule is CC(C)Oc1ccn2c(-c3cccc(NC4CNCC4(F)F)n3)cnc2c1. The van der Waals surface area contributed by atoms with E-state index in [0.717, 1.165) is 17.1 Å². The Bertz CT molecular complexity index is 956. The molecule has 1 aliphatic heterocycles. The van der Waals surface area contributed by atoms with Crippen LogP contribution in [0.25, 0.3) is 17.0 Å². The number of alkyl halides is 2. The van der Waals surface area contributed by atoms with Gasteiger partial charge in [0.1, 0.15) is 23.3 Å². The zero-order valence-corrected chi connectivity index (χ0v) is 15.1. The minimum atomic E-state index is -2.80. The number of nitrogens with one attached hydrogen (secondary N) is 2. The van der Waals surface area contributed by atoms with Crippen LogP contribution in [0.15, 0.2) is 42.7 Å². The first-order chi connectivity index (χ1) is 12.9. The summed E-state index contributed by atoms with van der Waals surface area (Å²) in [6.07, 6.45) is 3.66. The van der Waals surface area contributed by atoms with Crippen molar-refractivity contribution in [2.75, 3.05) is 18.4 Å². The number of fused-ring (bicyclic) bond motifs is 1. The van der Waals surface area contributed by atoms with E-state index < -0.39 is 12.0 Å². The summed E-state index contributed by atoms with van der Waals surface area (Å²) >= 11 is 0. The highest BCUT2D eigenvalue weighted by molar-refractivity contribution is 5.63. The highest BCUT2D eigenvalue weighted by Crippen LogP contribution is 2.27. The van der Waals surface area contributed by atoms with Gasteiger partial charge in [-0.25, -0.2) is 18.7 Å². The van der Waals surface area contributed by atoms with E-state index in [2.05, 4.69) is 20.6 Å². The van der Waals surface area contributed by atoms with Gasteiger partial charge in [-0.2, -0.15) is 0 Å². The summed E-state index contributed by atoms with van der Waals surface area (Å²) in [5.74, 6) is -1.64. The topological polar surface area (TPSA) is 63.5 Å². The minimum Gasteiger partial charge on any atom is -0.491 e. The van der Waals surface area contributed by atoms with Gasteiger partial charge in [0, 0.05) is 18.8 Å². The fraction of sp³-hybridized carbons (Fsp3) is 0.368. The van der Waals surface area contributed by atoms with Crippen molar-refractivity contribution in [1.29, 1.82) is 0 Å². The van der Waals surface area contributed by atoms with Gasteiger partial charge < -0.3 is 15.4 Å². The Hall–Kier alpha value is -2.74. The molecule has 142 valence electrons. The summed E-state index contributed by atoms with van der Waals surface area (Å²) in [7, 11) is 0. The van der Waals surface area contributed by atoms with Crippen molar-refractivity contribution in [3.05, 3.63) is 42.7 Å². The van der Waals surface area contributed by atoms with Crippen LogP contribution in [0.4, 0.5) is 14.6 Å². The molecule has 0 spiro atoms. The largest absolute Gasteiger partial charge is 0.491 e. The lowest BCUT2D eigenvalue weighted by Crippen LogP contribution is -2.38. The van der Waals surface area contributed by atoms with Crippen molar-refractivity contribution in [1.82, 2.24) is 19.7 Å². The van der Waals surface area contributed by atoms with E-state index in [1.165, 1.54) is 0 Å². The van der Waals surface area contributed by atoms with Crippen molar-refractivity contribution in [3.8, 4) is 17.1 Å². The number of anilines is 1. The lowest BCUT2D eigenvalue weighted by molar-refractivity contribution is 0.0138. The molecule has 27 heavy (non-hydrogen) atoms. The predicted molar refractivity (Wildman–Crippen MR) is 99.4 cm³/mol. The maximum absolute atomic E-state index is 13.8. The molecule has 3 aromatic rings. The summed E-state index contributed by atoms with van der Waals surface area (Å²) in [6.45, 7) is 3.81. The maximum atomic E-state index is 13.8. The molecular weight excluding hydrogens is 352 g/mol. The zero-order chi connectivity index (χ0) is 19.0. The molecule has 6 nitrogen and oxygen atoms in total. The van der Waals surface area contributed by atoms with Crippen LogP contribution in [0.3, 0.4) is 0 Å². The molecule has 1 atom stereocenters. The van der Waals surface area contributed by atoms with Crippen LogP contribution in [0, 0.1) is 0 Å². The number of ether oxygens (including phenoxy) is 1. The van der Waals surface area contributed by atoms with Gasteiger partial charge in [0.05, 0.1) is 30.2 Å². The Morgan fingerprint density at radius 2 is 2.19 bits per heavy atom. The second-order valence-electron chi connectivity index (χ2n) is 6.90. The molecule has 0 saturated carbocycles. The third-order valence-corrected chi connectivity index (χ3v) is 4.41. The van der Waals surface area contributed by atoms with Crippen LogP contribution in [-0.2, 0) is 0 Å². The molecule has 1 saturated heterocycles. The fourth-order valence-electron chi connectivity index (χ4n) is 3.15. The number of halogens is 2. The van der Waals surface area contributed by atoms with E-state index in [9.17, 15) is 8.78 Å². The summed E-state index contributed by atoms with van der Waals surface area (Å²) in [4.78, 5) is 8.91. The van der Waals surface area contributed by atoms with Crippen LogP contribution in [0.5, 0.6) is 5.75 Å². The molecule has 4 rings (SSSR count). The summed E-state index contributed by atoms with van der Waals surface area (Å²) < 4.78 is 35.2. The molecule has 0 amide bonds. The highest BCUT2D eigenvalue weighted by Gasteiger charge is 2.44. The fourth-order valence-corrected chi connectivity index (χ4v) is 3.15. The molecular formula is C19H21F2N5O. The first kappa shape index (κ1) is 17.7. The number of hydrogen-bond acceptors (Lipinski definition) is 5. The van der Waals surface area contributed by atoms with Gasteiger partial charge >= 0.3 is 0 Å². The normalized spacial score (nSPS) is 18.9. The third kappa shape index (κ3) is 3.57. The van der Waals surface area contributed by atoms with E-state index >= 15 is 0 Å². The molecule has 1 aliphatic rings. The Labute approximate surface area is 155 Å². The van der Waals surface area contributed by atoms with E-state index in [-0.39, 0.29) is 19.2 Å². The Balaban J connectivity index is 1.62. The van der Waals surface area contributed by atoms with E-state index in [4.69, 9.17) is 4.74 Å². The summed E-state index contributed by atoms with van der Waals surface area (Å²) in [5.41, 5.74) is 2.16. The van der Waals surface area contributed by atoms with Crippen molar-refractivity contribution in [2.24, 2.45) is 0 Å². The molecule has 2 N–H and O–H groups in total. The lowest BCUT2D eigenvalue weighted by Gasteiger charge is -2.20. The first-order valence-corrected chi connectivity index (χ1v) is 8.89. The average Bonchev–Trinajstić information content (AvgIpc) is 3.17. The molecule has 1 fully saturated rings. The molecule has 0 radical (unpaired) electrons. The standard InChI is InChI=1S/C19H21F2N5O/c1-12(2)27-13-6-7-26-15(9-23-18(26)8-13)14-4-3-5-17(24-14)25-16-10-22-11-19(16,20)21/h3-9,12,16,22H,10-11H2,1-2H3,(H,24,25). The number of imidazole rings is 1. The van der Waals surface area contributed by atoms with E-state index in [0.29, 0.717) is 11.5 Å². The van der Waals surface area contributed by atoms with Gasteiger partial charge in [0.15, 0.2) is 0 Å². The highest BCUT2D eigenvalue weighted by atomic mass is 19.3. The molecule has 8 heteroatoms. The monoisotopic (exact) mass is 373 g/mol. The number of rotatable bonds is 5. The van der Waals surface area contributed by atoms with Crippen molar-refractivity contribution in [3.63, 3.8) is 0 Å². The van der Waals surface area contributed by atoms with Crippen LogP contribution < -0.4 is 15.4 Å². The van der Waals surface area contributed by atoms with Crippen LogP contribution in [0.2, 0.25) is 0 Å². The second-order valence-corrected chi connectivity index (χ2v) is 6.90. The second kappa shape index (κ2) is 6.77. The Kier molecular flexibility index (Phi) is 4.43. The number of nitrogens with zero attached hydrogens (tertiary/aromatic N) is 3. The Morgan fingerprint density at radius 3 is 2.93 bits per heavy atom. The first-order valence-electron chi connectivity index (χ1n) is 8.89. The van der Waals surface area contributed by atoms with Gasteiger partial charge in [-0.05, 0) is 32.0 Å². The van der Waals surface area contributed by atoms with Gasteiger partial charge in [-0.3, -0.25) is 4.40 Å². The van der Waals surface area contributed by atoms with Crippen LogP contribution in [0.1, 0.15) is 13.8 Å². The smallest absolute Gasteiger partial charge is 0.281 e. The predicted octanol–water partition coefficient (Wildman–Crippen LogP) is 3.20. The minimum absolute atomic E-state index is 0.0783. The quantitative estimate of drug-likeness (QED) is 0.719. The molecule has 0 bridgehead atoms. The van der Waals surface area contributed by atoms with Gasteiger partial charge in [0.25, 0.3) is 5.92 Å². The molecule has 0 aliphatic carbocycles. The maximum Gasteiger partial charge on any atom is 0.281 e. The van der Waals surface area contributed by atoms with Gasteiger partial charge in [-0.1, -0.05) is 6.07 Å². The zero-order valence-electron chi connectivity index (χ0n) is 15.1. The molecule has 3 aromatic heterocycles. The third-order valence-electron chi connectivity index (χ3n) is 4.41. The van der Waals surface area contributed by atoms with Crippen LogP contribution >= 0.6 is 0 Å². The van der Waals surface area contributed by atoms with Crippen molar-refractivity contribution >= 4 is 11.5 Å². The average molecular weight is 373 g/mol. The summed E-state index contributed by atoms with van der Waals surface area (Å²) in [6, 6.07) is 8.06. The summed E-state index contributed by atoms with van der Waals surface area (Å²) in [5, 5.41) is 5.54. The van der Waals surface area contributed by atoms with Crippen molar-refractivity contribution < 1.29 is 13.5 Å². The van der Waals surface area contributed by atoms with E-state index in [1.54, 1.807) is 18.3 Å². The molecule has 4 heterocycles. The number of aromatic nitrogens is 3. The number of pyridine rings is 2. The van der Waals surface area contributed by atoms with E-state index in [1.807, 2.05) is 42.6 Å². The van der Waals surface area contributed by atoms with Gasteiger partial charge in [-0.15, -0.1) is 0 Å². The van der Waals surface area contributed by atoms with Crippen LogP contribution in [-0.4, -0.2) is 45.5 Å².